The zero-order valence-electron chi connectivity index (χ0n) is 18.1. The minimum atomic E-state index is -1.00. The molecule has 4 amide bonds. The SMILES string of the molecule is O=C(CN1C(=O)N[C@]2(CCCc3sccc32)C1=O)N1CCC[C@H](c2nc3ccccc3s2)C1. The number of rotatable bonds is 3. The van der Waals surface area contributed by atoms with Gasteiger partial charge in [-0.2, -0.15) is 0 Å². The maximum absolute atomic E-state index is 13.4. The van der Waals surface area contributed by atoms with Crippen molar-refractivity contribution in [1.82, 2.24) is 20.1 Å². The third-order valence-corrected chi connectivity index (χ3v) is 9.24. The van der Waals surface area contributed by atoms with Crippen molar-refractivity contribution in [3.63, 3.8) is 0 Å². The Bertz CT molecular complexity index is 1230. The summed E-state index contributed by atoms with van der Waals surface area (Å²) in [6.07, 6.45) is 4.22. The van der Waals surface area contributed by atoms with E-state index >= 15 is 0 Å². The summed E-state index contributed by atoms with van der Waals surface area (Å²) < 4.78 is 1.15. The van der Waals surface area contributed by atoms with Crippen molar-refractivity contribution >= 4 is 50.7 Å². The van der Waals surface area contributed by atoms with Gasteiger partial charge in [0.05, 0.1) is 15.2 Å². The number of likely N-dealkylation sites (tertiary alicyclic amines) is 1. The molecule has 3 aliphatic rings. The molecule has 7 nitrogen and oxygen atoms in total. The monoisotopic (exact) mass is 480 g/mol. The molecule has 33 heavy (non-hydrogen) atoms. The lowest BCUT2D eigenvalue weighted by molar-refractivity contribution is -0.140. The fraction of sp³-hybridized carbons (Fsp3) is 0.417. The highest BCUT2D eigenvalue weighted by atomic mass is 32.1. The fourth-order valence-electron chi connectivity index (χ4n) is 5.39. The lowest BCUT2D eigenvalue weighted by atomic mass is 9.80. The standard InChI is InChI=1S/C24H24N4O3S2/c29-20(27-11-4-5-15(13-27)21-25-17-6-1-2-7-19(17)33-21)14-28-22(30)24(26-23(28)31)10-3-8-18-16(24)9-12-32-18/h1-2,6-7,9,12,15H,3-5,8,10-11,13-14H2,(H,26,31)/t15-,24-/m0/s1. The zero-order valence-corrected chi connectivity index (χ0v) is 19.7. The lowest BCUT2D eigenvalue weighted by Crippen LogP contribution is -2.48. The number of carbonyl (C=O) groups excluding carboxylic acids is 3. The second-order valence-corrected chi connectivity index (χ2v) is 11.1. The summed E-state index contributed by atoms with van der Waals surface area (Å²) in [6.45, 7) is 1.00. The van der Waals surface area contributed by atoms with E-state index in [4.69, 9.17) is 4.98 Å². The van der Waals surface area contributed by atoms with Crippen LogP contribution in [-0.4, -0.2) is 52.3 Å². The number of hydrogen-bond donors (Lipinski definition) is 1. The number of aromatic nitrogens is 1. The number of aryl methyl sites for hydroxylation is 1. The molecule has 1 aliphatic carbocycles. The second-order valence-electron chi connectivity index (χ2n) is 9.04. The summed E-state index contributed by atoms with van der Waals surface area (Å²) in [7, 11) is 0. The van der Waals surface area contributed by atoms with Crippen molar-refractivity contribution in [1.29, 1.82) is 0 Å². The Kier molecular flexibility index (Phi) is 4.99. The van der Waals surface area contributed by atoms with Crippen LogP contribution in [-0.2, 0) is 21.5 Å². The van der Waals surface area contributed by atoms with E-state index < -0.39 is 11.6 Å². The maximum atomic E-state index is 13.4. The Morgan fingerprint density at radius 2 is 2.09 bits per heavy atom. The molecule has 2 fully saturated rings. The molecule has 2 aliphatic heterocycles. The number of benzene rings is 1. The number of carbonyl (C=O) groups is 3. The van der Waals surface area contributed by atoms with E-state index in [0.717, 1.165) is 56.2 Å². The second kappa shape index (κ2) is 7.92. The van der Waals surface area contributed by atoms with Gasteiger partial charge in [0, 0.05) is 29.4 Å². The molecule has 0 unspecified atom stereocenters. The van der Waals surface area contributed by atoms with Crippen LogP contribution in [0.25, 0.3) is 10.2 Å². The minimum absolute atomic E-state index is 0.178. The van der Waals surface area contributed by atoms with Crippen LogP contribution in [0.5, 0.6) is 0 Å². The number of nitrogens with one attached hydrogen (secondary N) is 1. The van der Waals surface area contributed by atoms with Crippen LogP contribution in [0.3, 0.4) is 0 Å². The highest BCUT2D eigenvalue weighted by Gasteiger charge is 2.54. The number of thiazole rings is 1. The first kappa shape index (κ1) is 20.8. The molecule has 4 heterocycles. The summed E-state index contributed by atoms with van der Waals surface area (Å²) in [5.74, 6) is -0.288. The van der Waals surface area contributed by atoms with Crippen LogP contribution < -0.4 is 5.32 Å². The number of hydrogen-bond acceptors (Lipinski definition) is 6. The van der Waals surface area contributed by atoms with E-state index in [1.807, 2.05) is 29.6 Å². The van der Waals surface area contributed by atoms with Crippen LogP contribution in [0.15, 0.2) is 35.7 Å². The van der Waals surface area contributed by atoms with E-state index in [0.29, 0.717) is 19.5 Å². The van der Waals surface area contributed by atoms with Crippen LogP contribution in [0.1, 0.15) is 47.0 Å². The molecule has 0 saturated carbocycles. The Morgan fingerprint density at radius 1 is 1.21 bits per heavy atom. The molecule has 2 saturated heterocycles. The maximum Gasteiger partial charge on any atom is 0.325 e. The molecular weight excluding hydrogens is 456 g/mol. The zero-order chi connectivity index (χ0) is 22.6. The van der Waals surface area contributed by atoms with E-state index in [1.165, 1.54) is 0 Å². The van der Waals surface area contributed by atoms with Crippen molar-refractivity contribution in [3.05, 3.63) is 51.2 Å². The Labute approximate surface area is 199 Å². The summed E-state index contributed by atoms with van der Waals surface area (Å²) in [6, 6.07) is 9.55. The van der Waals surface area contributed by atoms with E-state index in [9.17, 15) is 14.4 Å². The summed E-state index contributed by atoms with van der Waals surface area (Å²) in [5.41, 5.74) is 0.892. The number of amides is 4. The van der Waals surface area contributed by atoms with Gasteiger partial charge >= 0.3 is 6.03 Å². The molecule has 3 aromatic rings. The topological polar surface area (TPSA) is 82.6 Å². The number of urea groups is 1. The molecule has 1 spiro atoms. The molecule has 6 rings (SSSR count). The molecule has 9 heteroatoms. The highest BCUT2D eigenvalue weighted by molar-refractivity contribution is 7.18. The van der Waals surface area contributed by atoms with Gasteiger partial charge < -0.3 is 10.2 Å². The third-order valence-electron chi connectivity index (χ3n) is 7.06. The predicted octanol–water partition coefficient (Wildman–Crippen LogP) is 3.85. The molecule has 2 aromatic heterocycles. The van der Waals surface area contributed by atoms with Gasteiger partial charge in [-0.05, 0) is 55.7 Å². The van der Waals surface area contributed by atoms with Crippen LogP contribution in [0.4, 0.5) is 4.79 Å². The van der Waals surface area contributed by atoms with Gasteiger partial charge in [0.15, 0.2) is 0 Å². The van der Waals surface area contributed by atoms with E-state index in [1.54, 1.807) is 27.6 Å². The smallest absolute Gasteiger partial charge is 0.325 e. The predicted molar refractivity (Wildman–Crippen MR) is 127 cm³/mol. The summed E-state index contributed by atoms with van der Waals surface area (Å²) in [4.78, 5) is 48.3. The Hall–Kier alpha value is -2.78. The number of thiophene rings is 1. The first-order valence-electron chi connectivity index (χ1n) is 11.4. The first-order valence-corrected chi connectivity index (χ1v) is 13.1. The van der Waals surface area contributed by atoms with Crippen LogP contribution >= 0.6 is 22.7 Å². The number of imide groups is 1. The number of nitrogens with zero attached hydrogens (tertiary/aromatic N) is 3. The van der Waals surface area contributed by atoms with E-state index in [2.05, 4.69) is 11.4 Å². The van der Waals surface area contributed by atoms with Gasteiger partial charge in [0.2, 0.25) is 5.91 Å². The number of fused-ring (bicyclic) bond motifs is 3. The molecule has 1 N–H and O–H groups in total. The molecule has 1 aromatic carbocycles. The highest BCUT2D eigenvalue weighted by Crippen LogP contribution is 2.42. The number of piperidine rings is 1. The Morgan fingerprint density at radius 3 is 2.97 bits per heavy atom. The van der Waals surface area contributed by atoms with Gasteiger partial charge in [-0.15, -0.1) is 22.7 Å². The average molecular weight is 481 g/mol. The summed E-state index contributed by atoms with van der Waals surface area (Å²) in [5, 5.41) is 5.96. The molecule has 2 atom stereocenters. The lowest BCUT2D eigenvalue weighted by Gasteiger charge is -2.33. The summed E-state index contributed by atoms with van der Waals surface area (Å²) >= 11 is 3.31. The molecule has 0 radical (unpaired) electrons. The van der Waals surface area contributed by atoms with Crippen LogP contribution in [0.2, 0.25) is 0 Å². The van der Waals surface area contributed by atoms with Gasteiger partial charge in [-0.1, -0.05) is 12.1 Å². The van der Waals surface area contributed by atoms with Gasteiger partial charge in [0.25, 0.3) is 5.91 Å². The van der Waals surface area contributed by atoms with Crippen molar-refractivity contribution in [2.24, 2.45) is 0 Å². The molecule has 0 bridgehead atoms. The Balaban J connectivity index is 1.18. The van der Waals surface area contributed by atoms with Crippen molar-refractivity contribution in [3.8, 4) is 0 Å². The van der Waals surface area contributed by atoms with Crippen molar-refractivity contribution in [2.75, 3.05) is 19.6 Å². The van der Waals surface area contributed by atoms with Gasteiger partial charge in [0.1, 0.15) is 12.1 Å². The number of para-hydroxylation sites is 1. The van der Waals surface area contributed by atoms with E-state index in [-0.39, 0.29) is 24.3 Å². The normalized spacial score (nSPS) is 25.0. The quantitative estimate of drug-likeness (QED) is 0.578. The average Bonchev–Trinajstić information content (AvgIpc) is 3.54. The van der Waals surface area contributed by atoms with Crippen molar-refractivity contribution < 1.29 is 14.4 Å². The first-order chi connectivity index (χ1) is 16.0. The van der Waals surface area contributed by atoms with Crippen LogP contribution in [0, 0.1) is 0 Å². The molecular formula is C24H24N4O3S2. The van der Waals surface area contributed by atoms with Crippen molar-refractivity contribution in [2.45, 2.75) is 43.6 Å². The third kappa shape index (κ3) is 3.36. The van der Waals surface area contributed by atoms with Gasteiger partial charge in [-0.3, -0.25) is 14.5 Å². The van der Waals surface area contributed by atoms with Gasteiger partial charge in [-0.25, -0.2) is 9.78 Å². The minimum Gasteiger partial charge on any atom is -0.340 e. The fourth-order valence-corrected chi connectivity index (χ4v) is 7.48. The molecule has 170 valence electrons. The largest absolute Gasteiger partial charge is 0.340 e.